The second-order valence-electron chi connectivity index (χ2n) is 7.14. The Morgan fingerprint density at radius 2 is 1.92 bits per heavy atom. The molecule has 1 aliphatic heterocycles. The quantitative estimate of drug-likeness (QED) is 0.471. The summed E-state index contributed by atoms with van der Waals surface area (Å²) in [4.78, 5) is 25.2. The number of rotatable bonds is 5. The predicted molar refractivity (Wildman–Crippen MR) is 94.0 cm³/mol. The number of imide groups is 1. The fourth-order valence-corrected chi connectivity index (χ4v) is 4.11. The number of allylic oxidation sites excluding steroid dienone is 2. The summed E-state index contributed by atoms with van der Waals surface area (Å²) < 4.78 is 5.80. The van der Waals surface area contributed by atoms with Crippen LogP contribution in [0.2, 0.25) is 0 Å². The molecule has 3 aliphatic rings. The zero-order chi connectivity index (χ0) is 17.6. The minimum Gasteiger partial charge on any atom is -0.491 e. The van der Waals surface area contributed by atoms with Crippen LogP contribution in [0.3, 0.4) is 0 Å². The van der Waals surface area contributed by atoms with Crippen LogP contribution in [-0.2, 0) is 9.59 Å². The summed E-state index contributed by atoms with van der Waals surface area (Å²) in [6.45, 7) is 4.09. The number of carbonyl (C=O) groups excluding carboxylic acids is 2. The number of amides is 2. The van der Waals surface area contributed by atoms with Gasteiger partial charge in [-0.25, -0.2) is 0 Å². The van der Waals surface area contributed by atoms with E-state index in [1.54, 1.807) is 6.21 Å². The van der Waals surface area contributed by atoms with E-state index in [1.807, 2.05) is 31.2 Å². The highest BCUT2D eigenvalue weighted by atomic mass is 16.5. The minimum absolute atomic E-state index is 0.135. The Labute approximate surface area is 147 Å². The molecule has 2 fully saturated rings. The van der Waals surface area contributed by atoms with Crippen molar-refractivity contribution in [3.05, 3.63) is 42.0 Å². The molecule has 2 bridgehead atoms. The molecule has 0 radical (unpaired) electrons. The normalized spacial score (nSPS) is 31.2. The number of ether oxygens (including phenoxy) is 1. The molecule has 0 spiro atoms. The van der Waals surface area contributed by atoms with Crippen molar-refractivity contribution in [3.8, 4) is 5.75 Å². The molecule has 0 N–H and O–H groups in total. The van der Waals surface area contributed by atoms with Gasteiger partial charge in [-0.05, 0) is 49.3 Å². The molecular formula is C20H22N2O3. The lowest BCUT2D eigenvalue weighted by atomic mass is 9.85. The maximum absolute atomic E-state index is 12.6. The summed E-state index contributed by atoms with van der Waals surface area (Å²) in [5, 5.41) is 5.27. The second kappa shape index (κ2) is 6.14. The molecule has 5 heteroatoms. The molecule has 0 aromatic heterocycles. The molecular weight excluding hydrogens is 316 g/mol. The number of hydrogen-bond acceptors (Lipinski definition) is 4. The second-order valence-corrected chi connectivity index (χ2v) is 7.14. The number of benzene rings is 1. The first-order valence-corrected chi connectivity index (χ1v) is 8.95. The molecule has 130 valence electrons. The topological polar surface area (TPSA) is 59.0 Å². The minimum atomic E-state index is -0.209. The number of hydrogen-bond donors (Lipinski definition) is 0. The van der Waals surface area contributed by atoms with Gasteiger partial charge in [-0.2, -0.15) is 10.1 Å². The van der Waals surface area contributed by atoms with E-state index < -0.39 is 0 Å². The molecule has 1 saturated carbocycles. The lowest BCUT2D eigenvalue weighted by Gasteiger charge is -2.13. The largest absolute Gasteiger partial charge is 0.491 e. The number of carbonyl (C=O) groups is 2. The molecule has 1 saturated heterocycles. The molecule has 0 unspecified atom stereocenters. The van der Waals surface area contributed by atoms with E-state index in [1.165, 1.54) is 0 Å². The average Bonchev–Trinajstić information content (AvgIpc) is 3.28. The van der Waals surface area contributed by atoms with Gasteiger partial charge < -0.3 is 4.74 Å². The van der Waals surface area contributed by atoms with Gasteiger partial charge in [0.2, 0.25) is 0 Å². The Hall–Kier alpha value is -2.43. The first kappa shape index (κ1) is 16.1. The summed E-state index contributed by atoms with van der Waals surface area (Å²) in [5.41, 5.74) is 0.805. The van der Waals surface area contributed by atoms with Crippen molar-refractivity contribution >= 4 is 18.0 Å². The van der Waals surface area contributed by atoms with Crippen LogP contribution in [0, 0.1) is 23.7 Å². The SMILES string of the molecule is CC[C@H](C)Oc1cccc(C=NN2C(=O)[C@@H]3[C@H](C2=O)[C@H]2C=C[C@H]3C2)c1. The lowest BCUT2D eigenvalue weighted by molar-refractivity contribution is -0.140. The van der Waals surface area contributed by atoms with Gasteiger partial charge in [-0.1, -0.05) is 31.2 Å². The third-order valence-corrected chi connectivity index (χ3v) is 5.54. The van der Waals surface area contributed by atoms with Crippen molar-refractivity contribution in [2.24, 2.45) is 28.8 Å². The maximum atomic E-state index is 12.6. The van der Waals surface area contributed by atoms with E-state index in [9.17, 15) is 9.59 Å². The lowest BCUT2D eigenvalue weighted by Crippen LogP contribution is -2.28. The van der Waals surface area contributed by atoms with Gasteiger partial charge >= 0.3 is 0 Å². The zero-order valence-corrected chi connectivity index (χ0v) is 14.5. The van der Waals surface area contributed by atoms with E-state index in [-0.39, 0.29) is 41.6 Å². The highest BCUT2D eigenvalue weighted by Gasteiger charge is 2.59. The van der Waals surface area contributed by atoms with Gasteiger partial charge in [-0.15, -0.1) is 0 Å². The Balaban J connectivity index is 1.50. The van der Waals surface area contributed by atoms with Crippen LogP contribution < -0.4 is 4.74 Å². The summed E-state index contributed by atoms with van der Waals surface area (Å²) >= 11 is 0. The van der Waals surface area contributed by atoms with E-state index >= 15 is 0 Å². The molecule has 2 amide bonds. The van der Waals surface area contributed by atoms with Crippen molar-refractivity contribution in [3.63, 3.8) is 0 Å². The molecule has 1 heterocycles. The molecule has 2 aliphatic carbocycles. The molecule has 1 aromatic carbocycles. The van der Waals surface area contributed by atoms with Gasteiger partial charge in [0.15, 0.2) is 0 Å². The number of nitrogens with zero attached hydrogens (tertiary/aromatic N) is 2. The summed E-state index contributed by atoms with van der Waals surface area (Å²) in [6, 6.07) is 7.52. The van der Waals surface area contributed by atoms with Crippen molar-refractivity contribution in [1.82, 2.24) is 5.01 Å². The maximum Gasteiger partial charge on any atom is 0.254 e. The van der Waals surface area contributed by atoms with Crippen molar-refractivity contribution in [2.75, 3.05) is 0 Å². The standard InChI is InChI=1S/C20H22N2O3/c1-3-12(2)25-16-6-4-5-13(9-16)11-21-22-19(23)17-14-7-8-15(10-14)18(17)20(22)24/h4-9,11-12,14-15,17-18H,3,10H2,1-2H3/t12-,14-,15-,17-,18+/m0/s1. The fourth-order valence-electron chi connectivity index (χ4n) is 4.11. The molecule has 5 atom stereocenters. The van der Waals surface area contributed by atoms with Crippen LogP contribution in [0.4, 0.5) is 0 Å². The zero-order valence-electron chi connectivity index (χ0n) is 14.5. The van der Waals surface area contributed by atoms with Crippen molar-refractivity contribution in [2.45, 2.75) is 32.8 Å². The van der Waals surface area contributed by atoms with Gasteiger partial charge in [0, 0.05) is 0 Å². The first-order valence-electron chi connectivity index (χ1n) is 8.95. The highest BCUT2D eigenvalue weighted by molar-refractivity contribution is 6.06. The predicted octanol–water partition coefficient (Wildman–Crippen LogP) is 3.00. The van der Waals surface area contributed by atoms with Crippen LogP contribution in [0.25, 0.3) is 0 Å². The van der Waals surface area contributed by atoms with E-state index in [4.69, 9.17) is 4.74 Å². The van der Waals surface area contributed by atoms with Crippen LogP contribution in [0.1, 0.15) is 32.3 Å². The van der Waals surface area contributed by atoms with Crippen molar-refractivity contribution in [1.29, 1.82) is 0 Å². The van der Waals surface area contributed by atoms with E-state index in [0.717, 1.165) is 29.2 Å². The van der Waals surface area contributed by atoms with Crippen LogP contribution in [-0.4, -0.2) is 29.1 Å². The van der Waals surface area contributed by atoms with Gasteiger partial charge in [0.05, 0.1) is 24.2 Å². The number of fused-ring (bicyclic) bond motifs is 5. The molecule has 1 aromatic rings. The molecule has 4 rings (SSSR count). The summed E-state index contributed by atoms with van der Waals surface area (Å²) in [5.74, 6) is 0.443. The third kappa shape index (κ3) is 2.68. The van der Waals surface area contributed by atoms with Crippen LogP contribution >= 0.6 is 0 Å². The van der Waals surface area contributed by atoms with E-state index in [2.05, 4.69) is 24.2 Å². The number of hydrazone groups is 1. The van der Waals surface area contributed by atoms with Gasteiger partial charge in [-0.3, -0.25) is 9.59 Å². The Morgan fingerprint density at radius 3 is 2.56 bits per heavy atom. The smallest absolute Gasteiger partial charge is 0.254 e. The Morgan fingerprint density at radius 1 is 1.24 bits per heavy atom. The molecule has 25 heavy (non-hydrogen) atoms. The van der Waals surface area contributed by atoms with Crippen LogP contribution in [0.15, 0.2) is 41.5 Å². The first-order chi connectivity index (χ1) is 12.1. The average molecular weight is 338 g/mol. The molecule has 5 nitrogen and oxygen atoms in total. The summed E-state index contributed by atoms with van der Waals surface area (Å²) in [6.07, 6.45) is 7.72. The van der Waals surface area contributed by atoms with Gasteiger partial charge in [0.1, 0.15) is 5.75 Å². The monoisotopic (exact) mass is 338 g/mol. The fraction of sp³-hybridized carbons (Fsp3) is 0.450. The Kier molecular flexibility index (Phi) is 3.94. The highest BCUT2D eigenvalue weighted by Crippen LogP contribution is 2.52. The Bertz CT molecular complexity index is 740. The third-order valence-electron chi connectivity index (χ3n) is 5.54. The summed E-state index contributed by atoms with van der Waals surface area (Å²) in [7, 11) is 0. The van der Waals surface area contributed by atoms with Crippen molar-refractivity contribution < 1.29 is 14.3 Å². The van der Waals surface area contributed by atoms with Gasteiger partial charge in [0.25, 0.3) is 11.8 Å². The van der Waals surface area contributed by atoms with E-state index in [0.29, 0.717) is 0 Å². The van der Waals surface area contributed by atoms with Crippen LogP contribution in [0.5, 0.6) is 5.75 Å².